The third kappa shape index (κ3) is 4.70. The fraction of sp³-hybridized carbons (Fsp3) is 0.200. The van der Waals surface area contributed by atoms with Gasteiger partial charge in [0.2, 0.25) is 5.91 Å². The first-order chi connectivity index (χ1) is 10.1. The molecule has 1 aromatic carbocycles. The number of benzene rings is 1. The first-order valence-electron chi connectivity index (χ1n) is 6.38. The molecule has 21 heavy (non-hydrogen) atoms. The molecule has 0 saturated heterocycles. The Balaban J connectivity index is 1.92. The summed E-state index contributed by atoms with van der Waals surface area (Å²) in [5, 5.41) is 3.57. The predicted octanol–water partition coefficient (Wildman–Crippen LogP) is 3.46. The SMILES string of the molecule is CN(CC(=O)Nc1c(Cl)cccc1Cl)Cc1ccccn1. The van der Waals surface area contributed by atoms with Gasteiger partial charge in [0.1, 0.15) is 0 Å². The molecule has 0 saturated carbocycles. The number of amides is 1. The van der Waals surface area contributed by atoms with E-state index in [1.54, 1.807) is 24.4 Å². The van der Waals surface area contributed by atoms with E-state index in [0.29, 0.717) is 22.3 Å². The van der Waals surface area contributed by atoms with Crippen LogP contribution in [0.2, 0.25) is 10.0 Å². The van der Waals surface area contributed by atoms with Crippen LogP contribution < -0.4 is 5.32 Å². The highest BCUT2D eigenvalue weighted by Crippen LogP contribution is 2.29. The van der Waals surface area contributed by atoms with Gasteiger partial charge in [-0.25, -0.2) is 0 Å². The average Bonchev–Trinajstić information content (AvgIpc) is 2.44. The van der Waals surface area contributed by atoms with Crippen LogP contribution in [0.25, 0.3) is 0 Å². The molecule has 0 fully saturated rings. The molecule has 6 heteroatoms. The number of pyridine rings is 1. The normalized spacial score (nSPS) is 10.7. The average molecular weight is 324 g/mol. The Kier molecular flexibility index (Phi) is 5.56. The molecule has 0 bridgehead atoms. The zero-order chi connectivity index (χ0) is 15.2. The fourth-order valence-electron chi connectivity index (χ4n) is 1.87. The molecule has 2 rings (SSSR count). The second-order valence-electron chi connectivity index (χ2n) is 4.64. The van der Waals surface area contributed by atoms with Gasteiger partial charge in [-0.3, -0.25) is 14.7 Å². The molecule has 1 aromatic heterocycles. The van der Waals surface area contributed by atoms with Crippen molar-refractivity contribution in [1.29, 1.82) is 0 Å². The van der Waals surface area contributed by atoms with E-state index in [4.69, 9.17) is 23.2 Å². The van der Waals surface area contributed by atoms with E-state index in [0.717, 1.165) is 5.69 Å². The molecule has 1 heterocycles. The number of aromatic nitrogens is 1. The summed E-state index contributed by atoms with van der Waals surface area (Å²) in [5.74, 6) is -0.177. The number of para-hydroxylation sites is 1. The number of hydrogen-bond acceptors (Lipinski definition) is 3. The number of nitrogens with zero attached hydrogens (tertiary/aromatic N) is 2. The summed E-state index contributed by atoms with van der Waals surface area (Å²) in [5.41, 5.74) is 1.35. The number of carbonyl (C=O) groups excluding carboxylic acids is 1. The maximum absolute atomic E-state index is 12.0. The number of rotatable bonds is 5. The molecule has 0 radical (unpaired) electrons. The number of halogens is 2. The Morgan fingerprint density at radius 1 is 1.19 bits per heavy atom. The maximum Gasteiger partial charge on any atom is 0.238 e. The second kappa shape index (κ2) is 7.41. The Morgan fingerprint density at radius 3 is 2.52 bits per heavy atom. The quantitative estimate of drug-likeness (QED) is 0.916. The van der Waals surface area contributed by atoms with E-state index in [1.165, 1.54) is 0 Å². The van der Waals surface area contributed by atoms with E-state index in [9.17, 15) is 4.79 Å². The van der Waals surface area contributed by atoms with Crippen LogP contribution >= 0.6 is 23.2 Å². The van der Waals surface area contributed by atoms with Crippen molar-refractivity contribution in [3.8, 4) is 0 Å². The first kappa shape index (κ1) is 15.8. The fourth-order valence-corrected chi connectivity index (χ4v) is 2.36. The Hall–Kier alpha value is -1.62. The van der Waals surface area contributed by atoms with Crippen molar-refractivity contribution in [2.45, 2.75) is 6.54 Å². The number of hydrogen-bond donors (Lipinski definition) is 1. The van der Waals surface area contributed by atoms with Gasteiger partial charge in [-0.2, -0.15) is 0 Å². The Bertz CT molecular complexity index is 599. The van der Waals surface area contributed by atoms with E-state index in [-0.39, 0.29) is 12.5 Å². The van der Waals surface area contributed by atoms with E-state index in [2.05, 4.69) is 10.3 Å². The summed E-state index contributed by atoms with van der Waals surface area (Å²) in [7, 11) is 1.85. The molecule has 0 aliphatic carbocycles. The summed E-state index contributed by atoms with van der Waals surface area (Å²) < 4.78 is 0. The third-order valence-corrected chi connectivity index (χ3v) is 3.43. The molecule has 0 spiro atoms. The molecule has 110 valence electrons. The predicted molar refractivity (Wildman–Crippen MR) is 85.7 cm³/mol. The van der Waals surface area contributed by atoms with Crippen LogP contribution in [-0.4, -0.2) is 29.4 Å². The minimum atomic E-state index is -0.177. The lowest BCUT2D eigenvalue weighted by molar-refractivity contribution is -0.117. The lowest BCUT2D eigenvalue weighted by Gasteiger charge is -2.16. The van der Waals surface area contributed by atoms with Crippen molar-refractivity contribution in [3.63, 3.8) is 0 Å². The standard InChI is InChI=1S/C15H15Cl2N3O/c1-20(9-11-5-2-3-8-18-11)10-14(21)19-15-12(16)6-4-7-13(15)17/h2-8H,9-10H2,1H3,(H,19,21). The lowest BCUT2D eigenvalue weighted by Crippen LogP contribution is -2.30. The Labute approximate surface area is 133 Å². The minimum Gasteiger partial charge on any atom is -0.322 e. The number of anilines is 1. The summed E-state index contributed by atoms with van der Waals surface area (Å²) in [6, 6.07) is 10.8. The molecule has 1 N–H and O–H groups in total. The van der Waals surface area contributed by atoms with E-state index < -0.39 is 0 Å². The molecule has 0 aliphatic heterocycles. The summed E-state index contributed by atoms with van der Waals surface area (Å²) in [4.78, 5) is 18.1. The van der Waals surface area contributed by atoms with Crippen LogP contribution in [-0.2, 0) is 11.3 Å². The molecule has 0 unspecified atom stereocenters. The second-order valence-corrected chi connectivity index (χ2v) is 5.45. The van der Waals surface area contributed by atoms with Crippen molar-refractivity contribution in [1.82, 2.24) is 9.88 Å². The summed E-state index contributed by atoms with van der Waals surface area (Å²) in [6.07, 6.45) is 1.73. The van der Waals surface area contributed by atoms with Crippen molar-refractivity contribution < 1.29 is 4.79 Å². The van der Waals surface area contributed by atoms with Crippen LogP contribution in [0, 0.1) is 0 Å². The molecule has 0 aliphatic rings. The lowest BCUT2D eigenvalue weighted by atomic mass is 10.3. The van der Waals surface area contributed by atoms with Gasteiger partial charge >= 0.3 is 0 Å². The molecule has 0 atom stereocenters. The van der Waals surface area contributed by atoms with Gasteiger partial charge in [0, 0.05) is 12.7 Å². The number of nitrogens with one attached hydrogen (secondary N) is 1. The van der Waals surface area contributed by atoms with Crippen molar-refractivity contribution in [2.24, 2.45) is 0 Å². The van der Waals surface area contributed by atoms with Crippen LogP contribution in [0.4, 0.5) is 5.69 Å². The van der Waals surface area contributed by atoms with Crippen molar-refractivity contribution >= 4 is 34.8 Å². The summed E-state index contributed by atoms with van der Waals surface area (Å²) in [6.45, 7) is 0.808. The van der Waals surface area contributed by atoms with Crippen LogP contribution in [0.15, 0.2) is 42.6 Å². The van der Waals surface area contributed by atoms with Crippen molar-refractivity contribution in [2.75, 3.05) is 18.9 Å². The highest BCUT2D eigenvalue weighted by Gasteiger charge is 2.12. The van der Waals surface area contributed by atoms with Gasteiger partial charge in [0.25, 0.3) is 0 Å². The smallest absolute Gasteiger partial charge is 0.238 e. The van der Waals surface area contributed by atoms with E-state index >= 15 is 0 Å². The Morgan fingerprint density at radius 2 is 1.90 bits per heavy atom. The topological polar surface area (TPSA) is 45.2 Å². The molecular formula is C15H15Cl2N3O. The largest absolute Gasteiger partial charge is 0.322 e. The van der Waals surface area contributed by atoms with Crippen LogP contribution in [0.5, 0.6) is 0 Å². The molecule has 2 aromatic rings. The van der Waals surface area contributed by atoms with Crippen LogP contribution in [0.1, 0.15) is 5.69 Å². The molecule has 4 nitrogen and oxygen atoms in total. The van der Waals surface area contributed by atoms with Gasteiger partial charge in [-0.1, -0.05) is 35.3 Å². The number of likely N-dealkylation sites (N-methyl/N-ethyl adjacent to an activating group) is 1. The highest BCUT2D eigenvalue weighted by atomic mass is 35.5. The van der Waals surface area contributed by atoms with Crippen molar-refractivity contribution in [3.05, 3.63) is 58.3 Å². The van der Waals surface area contributed by atoms with Gasteiger partial charge < -0.3 is 5.32 Å². The number of carbonyl (C=O) groups is 1. The zero-order valence-electron chi connectivity index (χ0n) is 11.5. The molecule has 1 amide bonds. The van der Waals surface area contributed by atoms with E-state index in [1.807, 2.05) is 30.1 Å². The highest BCUT2D eigenvalue weighted by molar-refractivity contribution is 6.39. The van der Waals surface area contributed by atoms with Crippen LogP contribution in [0.3, 0.4) is 0 Å². The minimum absolute atomic E-state index is 0.177. The van der Waals surface area contributed by atoms with Gasteiger partial charge in [0.05, 0.1) is 28.0 Å². The first-order valence-corrected chi connectivity index (χ1v) is 7.14. The summed E-state index contributed by atoms with van der Waals surface area (Å²) >= 11 is 12.0. The molecular weight excluding hydrogens is 309 g/mol. The monoisotopic (exact) mass is 323 g/mol. The third-order valence-electron chi connectivity index (χ3n) is 2.80. The zero-order valence-corrected chi connectivity index (χ0v) is 13.0. The van der Waals surface area contributed by atoms with Gasteiger partial charge in [0.15, 0.2) is 0 Å². The van der Waals surface area contributed by atoms with Gasteiger partial charge in [-0.15, -0.1) is 0 Å². The van der Waals surface area contributed by atoms with Gasteiger partial charge in [-0.05, 0) is 31.3 Å². The maximum atomic E-state index is 12.0.